The van der Waals surface area contributed by atoms with Gasteiger partial charge in [-0.3, -0.25) is 4.79 Å². The molecule has 1 fully saturated rings. The third-order valence-electron chi connectivity index (χ3n) is 4.26. The van der Waals surface area contributed by atoms with Gasteiger partial charge >= 0.3 is 5.97 Å². The van der Waals surface area contributed by atoms with Gasteiger partial charge in [0.05, 0.1) is 5.69 Å². The number of hydrogen-bond acceptors (Lipinski definition) is 5. The van der Waals surface area contributed by atoms with E-state index in [1.165, 1.54) is 6.42 Å². The predicted molar refractivity (Wildman–Crippen MR) is 80.5 cm³/mol. The maximum Gasteiger partial charge on any atom is 0.344 e. The van der Waals surface area contributed by atoms with Crippen LogP contribution in [0.15, 0.2) is 4.52 Å². The maximum atomic E-state index is 12.1. The van der Waals surface area contributed by atoms with Crippen molar-refractivity contribution in [1.82, 2.24) is 10.5 Å². The van der Waals surface area contributed by atoms with E-state index in [1.54, 1.807) is 6.92 Å². The Morgan fingerprint density at radius 2 is 2.09 bits per heavy atom. The molecule has 2 rings (SSSR count). The van der Waals surface area contributed by atoms with Gasteiger partial charge in [0.2, 0.25) is 0 Å². The van der Waals surface area contributed by atoms with Gasteiger partial charge in [0.15, 0.2) is 6.61 Å². The Balaban J connectivity index is 1.85. The molecule has 1 saturated carbocycles. The number of carbonyl (C=O) groups is 2. The monoisotopic (exact) mass is 308 g/mol. The van der Waals surface area contributed by atoms with Crippen molar-refractivity contribution in [3.8, 4) is 0 Å². The Bertz CT molecular complexity index is 538. The number of carbonyl (C=O) groups excluding carboxylic acids is 2. The molecule has 1 aromatic heterocycles. The summed E-state index contributed by atoms with van der Waals surface area (Å²) in [6.07, 6.45) is 5.05. The second-order valence-electron chi connectivity index (χ2n) is 5.93. The predicted octanol–water partition coefficient (Wildman–Crippen LogP) is 2.40. The molecular weight excluding hydrogens is 284 g/mol. The fourth-order valence-corrected chi connectivity index (χ4v) is 2.90. The number of amides is 1. The number of rotatable bonds is 5. The lowest BCUT2D eigenvalue weighted by molar-refractivity contribution is -0.125. The Kier molecular flexibility index (Phi) is 5.57. The quantitative estimate of drug-likeness (QED) is 0.845. The summed E-state index contributed by atoms with van der Waals surface area (Å²) in [4.78, 5) is 24.0. The van der Waals surface area contributed by atoms with Crippen molar-refractivity contribution in [1.29, 1.82) is 0 Å². The molecule has 0 spiro atoms. The Labute approximate surface area is 130 Å². The van der Waals surface area contributed by atoms with Crippen LogP contribution < -0.4 is 5.32 Å². The summed E-state index contributed by atoms with van der Waals surface area (Å²) in [5.74, 6) is 0.0882. The van der Waals surface area contributed by atoms with E-state index in [0.717, 1.165) is 19.3 Å². The molecule has 1 aromatic rings. The molecule has 0 saturated heterocycles. The molecule has 1 aliphatic carbocycles. The highest BCUT2D eigenvalue weighted by Crippen LogP contribution is 2.23. The van der Waals surface area contributed by atoms with Crippen LogP contribution in [0.4, 0.5) is 0 Å². The van der Waals surface area contributed by atoms with Gasteiger partial charge in [0.25, 0.3) is 5.91 Å². The Morgan fingerprint density at radius 1 is 1.36 bits per heavy atom. The molecule has 1 heterocycles. The molecule has 0 aromatic carbocycles. The lowest BCUT2D eigenvalue weighted by atomic mass is 9.86. The lowest BCUT2D eigenvalue weighted by Crippen LogP contribution is -2.42. The van der Waals surface area contributed by atoms with Gasteiger partial charge in [-0.1, -0.05) is 31.8 Å². The summed E-state index contributed by atoms with van der Waals surface area (Å²) < 4.78 is 10.1. The van der Waals surface area contributed by atoms with Crippen molar-refractivity contribution in [3.05, 3.63) is 17.0 Å². The molecule has 0 radical (unpaired) electrons. The van der Waals surface area contributed by atoms with Gasteiger partial charge in [0, 0.05) is 6.04 Å². The van der Waals surface area contributed by atoms with Crippen molar-refractivity contribution in [3.63, 3.8) is 0 Å². The van der Waals surface area contributed by atoms with Crippen LogP contribution in [-0.2, 0) is 16.0 Å². The van der Waals surface area contributed by atoms with Crippen LogP contribution in [0.25, 0.3) is 0 Å². The highest BCUT2D eigenvalue weighted by atomic mass is 16.5. The summed E-state index contributed by atoms with van der Waals surface area (Å²) in [5.41, 5.74) is 0.894. The summed E-state index contributed by atoms with van der Waals surface area (Å²) in [6.45, 7) is 5.41. The molecule has 6 heteroatoms. The molecular formula is C16H24N2O4. The summed E-state index contributed by atoms with van der Waals surface area (Å²) in [7, 11) is 0. The van der Waals surface area contributed by atoms with Gasteiger partial charge in [0.1, 0.15) is 11.3 Å². The highest BCUT2D eigenvalue weighted by Gasteiger charge is 2.24. The minimum absolute atomic E-state index is 0.184. The van der Waals surface area contributed by atoms with Gasteiger partial charge in [-0.2, -0.15) is 0 Å². The van der Waals surface area contributed by atoms with E-state index in [-0.39, 0.29) is 18.6 Å². The van der Waals surface area contributed by atoms with Crippen molar-refractivity contribution >= 4 is 11.9 Å². The first kappa shape index (κ1) is 16.5. The second kappa shape index (κ2) is 7.42. The van der Waals surface area contributed by atoms with Crippen molar-refractivity contribution in [2.75, 3.05) is 6.61 Å². The minimum atomic E-state index is -0.553. The van der Waals surface area contributed by atoms with E-state index < -0.39 is 5.97 Å². The zero-order valence-corrected chi connectivity index (χ0v) is 13.5. The van der Waals surface area contributed by atoms with Crippen LogP contribution in [0.2, 0.25) is 0 Å². The lowest BCUT2D eigenvalue weighted by Gasteiger charge is -2.29. The van der Waals surface area contributed by atoms with Gasteiger partial charge in [-0.25, -0.2) is 4.79 Å². The SMILES string of the molecule is CCc1noc(C)c1C(=O)OCC(=O)N[C@H]1CCCC[C@H]1C. The number of esters is 1. The van der Waals surface area contributed by atoms with Crippen LogP contribution in [0.5, 0.6) is 0 Å². The number of nitrogens with zero attached hydrogens (tertiary/aromatic N) is 1. The molecule has 1 N–H and O–H groups in total. The fourth-order valence-electron chi connectivity index (χ4n) is 2.90. The number of aryl methyl sites for hydroxylation is 2. The number of aromatic nitrogens is 1. The largest absolute Gasteiger partial charge is 0.452 e. The topological polar surface area (TPSA) is 81.4 Å². The van der Waals surface area contributed by atoms with E-state index >= 15 is 0 Å². The molecule has 6 nitrogen and oxygen atoms in total. The van der Waals surface area contributed by atoms with E-state index in [0.29, 0.717) is 29.4 Å². The van der Waals surface area contributed by atoms with Gasteiger partial charge < -0.3 is 14.6 Å². The number of nitrogens with one attached hydrogen (secondary N) is 1. The summed E-state index contributed by atoms with van der Waals surface area (Å²) in [5, 5.41) is 6.77. The van der Waals surface area contributed by atoms with Crippen molar-refractivity contribution in [2.24, 2.45) is 5.92 Å². The fraction of sp³-hybridized carbons (Fsp3) is 0.688. The molecule has 0 aliphatic heterocycles. The van der Waals surface area contributed by atoms with E-state index in [9.17, 15) is 9.59 Å². The van der Waals surface area contributed by atoms with E-state index in [2.05, 4.69) is 17.4 Å². The molecule has 0 unspecified atom stereocenters. The minimum Gasteiger partial charge on any atom is -0.452 e. The maximum absolute atomic E-state index is 12.1. The molecule has 22 heavy (non-hydrogen) atoms. The van der Waals surface area contributed by atoms with Crippen LogP contribution >= 0.6 is 0 Å². The van der Waals surface area contributed by atoms with E-state index in [4.69, 9.17) is 9.26 Å². The number of hydrogen-bond donors (Lipinski definition) is 1. The van der Waals surface area contributed by atoms with Crippen LogP contribution in [-0.4, -0.2) is 29.7 Å². The molecule has 2 atom stereocenters. The molecule has 0 bridgehead atoms. The first-order chi connectivity index (χ1) is 10.5. The zero-order chi connectivity index (χ0) is 16.1. The molecule has 122 valence electrons. The average Bonchev–Trinajstić information content (AvgIpc) is 2.88. The van der Waals surface area contributed by atoms with Crippen molar-refractivity contribution < 1.29 is 18.8 Å². The summed E-state index contributed by atoms with van der Waals surface area (Å²) in [6, 6.07) is 0.184. The Morgan fingerprint density at radius 3 is 2.77 bits per heavy atom. The van der Waals surface area contributed by atoms with Crippen molar-refractivity contribution in [2.45, 2.75) is 58.9 Å². The third kappa shape index (κ3) is 3.87. The van der Waals surface area contributed by atoms with Gasteiger partial charge in [-0.05, 0) is 32.1 Å². The average molecular weight is 308 g/mol. The first-order valence-electron chi connectivity index (χ1n) is 7.94. The van der Waals surface area contributed by atoms with Crippen LogP contribution in [0.1, 0.15) is 61.3 Å². The summed E-state index contributed by atoms with van der Waals surface area (Å²) >= 11 is 0. The standard InChI is InChI=1S/C16H24N2O4/c1-4-12-15(11(3)22-18-12)16(20)21-9-14(19)17-13-8-6-5-7-10(13)2/h10,13H,4-9H2,1-3H3,(H,17,19)/t10-,13+/m1/s1. The Hall–Kier alpha value is -1.85. The normalized spacial score (nSPS) is 21.4. The van der Waals surface area contributed by atoms with Crippen LogP contribution in [0, 0.1) is 12.8 Å². The second-order valence-corrected chi connectivity index (χ2v) is 5.93. The zero-order valence-electron chi connectivity index (χ0n) is 13.5. The van der Waals surface area contributed by atoms with Gasteiger partial charge in [-0.15, -0.1) is 0 Å². The van der Waals surface area contributed by atoms with E-state index in [1.807, 2.05) is 6.92 Å². The number of ether oxygens (including phenoxy) is 1. The van der Waals surface area contributed by atoms with Crippen LogP contribution in [0.3, 0.4) is 0 Å². The first-order valence-corrected chi connectivity index (χ1v) is 7.94. The highest BCUT2D eigenvalue weighted by molar-refractivity contribution is 5.93. The third-order valence-corrected chi connectivity index (χ3v) is 4.26. The molecule has 1 aliphatic rings. The smallest absolute Gasteiger partial charge is 0.344 e. The molecule has 1 amide bonds.